The Morgan fingerprint density at radius 2 is 2.19 bits per heavy atom. The molecule has 0 bridgehead atoms. The molecule has 2 aromatic rings. The quantitative estimate of drug-likeness (QED) is 0.827. The van der Waals surface area contributed by atoms with Gasteiger partial charge >= 0.3 is 0 Å². The van der Waals surface area contributed by atoms with Gasteiger partial charge in [0, 0.05) is 24.2 Å². The second-order valence-corrected chi connectivity index (χ2v) is 6.32. The molecule has 0 unspecified atom stereocenters. The van der Waals surface area contributed by atoms with Crippen LogP contribution in [0.25, 0.3) is 0 Å². The molecule has 6 heteroatoms. The van der Waals surface area contributed by atoms with Gasteiger partial charge in [0.05, 0.1) is 18.7 Å². The number of amides is 1. The Morgan fingerprint density at radius 3 is 2.81 bits per heavy atom. The van der Waals surface area contributed by atoms with E-state index >= 15 is 0 Å². The molecule has 0 atom stereocenters. The minimum absolute atomic E-state index is 0.0258. The Balaban J connectivity index is 1.97. The lowest BCUT2D eigenvalue weighted by atomic mass is 10.1. The lowest BCUT2D eigenvalue weighted by Gasteiger charge is -2.14. The first-order chi connectivity index (χ1) is 10.2. The summed E-state index contributed by atoms with van der Waals surface area (Å²) < 4.78 is 11.5. The van der Waals surface area contributed by atoms with E-state index in [0.717, 1.165) is 15.6 Å². The number of ether oxygens (including phenoxy) is 2. The number of thiophene rings is 1. The largest absolute Gasteiger partial charge is 0.493 e. The summed E-state index contributed by atoms with van der Waals surface area (Å²) >= 11 is 5.17. The molecule has 4 nitrogen and oxygen atoms in total. The lowest BCUT2D eigenvalue weighted by Crippen LogP contribution is -2.22. The van der Waals surface area contributed by atoms with Crippen LogP contribution in [0.15, 0.2) is 27.4 Å². The molecule has 1 aromatic heterocycles. The predicted molar refractivity (Wildman–Crippen MR) is 85.1 cm³/mol. The average Bonchev–Trinajstić information content (AvgIpc) is 3.09. The van der Waals surface area contributed by atoms with Gasteiger partial charge in [-0.15, -0.1) is 0 Å². The zero-order valence-corrected chi connectivity index (χ0v) is 14.1. The number of methoxy groups -OCH3 is 2. The van der Waals surface area contributed by atoms with E-state index in [4.69, 9.17) is 9.47 Å². The number of carbonyl (C=O) groups is 1. The van der Waals surface area contributed by atoms with Crippen molar-refractivity contribution < 1.29 is 14.3 Å². The van der Waals surface area contributed by atoms with E-state index in [1.54, 1.807) is 31.6 Å². The maximum absolute atomic E-state index is 12.6. The Bertz CT molecular complexity index is 685. The fourth-order valence-electron chi connectivity index (χ4n) is 2.50. The first-order valence-electron chi connectivity index (χ1n) is 6.39. The molecule has 1 aliphatic heterocycles. The molecule has 0 radical (unpaired) electrons. The number of carbonyl (C=O) groups excluding carboxylic acids is 1. The summed E-state index contributed by atoms with van der Waals surface area (Å²) in [4.78, 5) is 14.4. The van der Waals surface area contributed by atoms with Crippen molar-refractivity contribution in [1.29, 1.82) is 0 Å². The van der Waals surface area contributed by atoms with Gasteiger partial charge in [0.1, 0.15) is 0 Å². The van der Waals surface area contributed by atoms with Gasteiger partial charge in [-0.25, -0.2) is 0 Å². The summed E-state index contributed by atoms with van der Waals surface area (Å²) in [7, 11) is 3.16. The SMILES string of the molecule is COc1cc2c(c(Br)c1OC)CN(Cc1ccsc1)C2=O. The summed E-state index contributed by atoms with van der Waals surface area (Å²) in [5, 5.41) is 4.08. The molecule has 0 aliphatic carbocycles. The lowest BCUT2D eigenvalue weighted by molar-refractivity contribution is 0.0766. The van der Waals surface area contributed by atoms with Crippen LogP contribution in [0.1, 0.15) is 21.5 Å². The molecule has 1 aromatic carbocycles. The number of halogens is 1. The van der Waals surface area contributed by atoms with Crippen molar-refractivity contribution in [1.82, 2.24) is 4.90 Å². The third-order valence-corrected chi connectivity index (χ3v) is 5.10. The Kier molecular flexibility index (Phi) is 3.91. The normalized spacial score (nSPS) is 13.5. The van der Waals surface area contributed by atoms with Crippen LogP contribution in [0, 0.1) is 0 Å². The Hall–Kier alpha value is -1.53. The van der Waals surface area contributed by atoms with Gasteiger partial charge in [0.25, 0.3) is 5.91 Å². The molecule has 21 heavy (non-hydrogen) atoms. The van der Waals surface area contributed by atoms with Crippen LogP contribution in [0.5, 0.6) is 11.5 Å². The monoisotopic (exact) mass is 367 g/mol. The molecular formula is C15H14BrNO3S. The molecule has 110 valence electrons. The highest BCUT2D eigenvalue weighted by Gasteiger charge is 2.32. The molecule has 0 saturated heterocycles. The minimum Gasteiger partial charge on any atom is -0.493 e. The number of nitrogens with zero attached hydrogens (tertiary/aromatic N) is 1. The van der Waals surface area contributed by atoms with E-state index in [1.165, 1.54) is 0 Å². The molecule has 0 saturated carbocycles. The highest BCUT2D eigenvalue weighted by molar-refractivity contribution is 9.10. The maximum Gasteiger partial charge on any atom is 0.254 e. The number of benzene rings is 1. The molecule has 0 spiro atoms. The van der Waals surface area contributed by atoms with Crippen molar-refractivity contribution >= 4 is 33.2 Å². The van der Waals surface area contributed by atoms with E-state index in [1.807, 2.05) is 16.3 Å². The third kappa shape index (κ3) is 2.42. The summed E-state index contributed by atoms with van der Waals surface area (Å²) in [5.41, 5.74) is 2.78. The number of rotatable bonds is 4. The fourth-order valence-corrected chi connectivity index (χ4v) is 3.85. The van der Waals surface area contributed by atoms with E-state index in [-0.39, 0.29) is 5.91 Å². The zero-order chi connectivity index (χ0) is 15.0. The summed E-state index contributed by atoms with van der Waals surface area (Å²) in [5.74, 6) is 1.22. The number of fused-ring (bicyclic) bond motifs is 1. The summed E-state index contributed by atoms with van der Waals surface area (Å²) in [6.45, 7) is 1.19. The molecule has 1 aliphatic rings. The van der Waals surface area contributed by atoms with Crippen molar-refractivity contribution in [2.45, 2.75) is 13.1 Å². The topological polar surface area (TPSA) is 38.8 Å². The van der Waals surface area contributed by atoms with Crippen LogP contribution in [0.3, 0.4) is 0 Å². The number of hydrogen-bond acceptors (Lipinski definition) is 4. The standard InChI is InChI=1S/C15H14BrNO3S/c1-19-12-5-10-11(13(16)14(12)20-2)7-17(15(10)18)6-9-3-4-21-8-9/h3-5,8H,6-7H2,1-2H3. The highest BCUT2D eigenvalue weighted by atomic mass is 79.9. The van der Waals surface area contributed by atoms with Crippen molar-refractivity contribution in [2.24, 2.45) is 0 Å². The van der Waals surface area contributed by atoms with Gasteiger partial charge in [-0.1, -0.05) is 0 Å². The van der Waals surface area contributed by atoms with Crippen LogP contribution in [0.2, 0.25) is 0 Å². The van der Waals surface area contributed by atoms with Gasteiger partial charge in [-0.3, -0.25) is 4.79 Å². The van der Waals surface area contributed by atoms with Crippen LogP contribution in [-0.4, -0.2) is 25.0 Å². The number of hydrogen-bond donors (Lipinski definition) is 0. The van der Waals surface area contributed by atoms with Crippen LogP contribution < -0.4 is 9.47 Å². The van der Waals surface area contributed by atoms with Crippen LogP contribution in [-0.2, 0) is 13.1 Å². The van der Waals surface area contributed by atoms with Gasteiger partial charge in [0.15, 0.2) is 11.5 Å². The Labute approximate surface area is 135 Å². The van der Waals surface area contributed by atoms with Gasteiger partial charge < -0.3 is 14.4 Å². The maximum atomic E-state index is 12.6. The molecular weight excluding hydrogens is 354 g/mol. The summed E-state index contributed by atoms with van der Waals surface area (Å²) in [6, 6.07) is 3.80. The van der Waals surface area contributed by atoms with Gasteiger partial charge in [-0.05, 0) is 44.4 Å². The van der Waals surface area contributed by atoms with Crippen molar-refractivity contribution in [3.05, 3.63) is 44.1 Å². The van der Waals surface area contributed by atoms with E-state index in [2.05, 4.69) is 21.3 Å². The van der Waals surface area contributed by atoms with Crippen LogP contribution in [0.4, 0.5) is 0 Å². The second-order valence-electron chi connectivity index (χ2n) is 4.74. The molecule has 0 fully saturated rings. The van der Waals surface area contributed by atoms with E-state index in [9.17, 15) is 4.79 Å². The summed E-state index contributed by atoms with van der Waals surface area (Å²) in [6.07, 6.45) is 0. The molecule has 0 N–H and O–H groups in total. The smallest absolute Gasteiger partial charge is 0.254 e. The van der Waals surface area contributed by atoms with Crippen molar-refractivity contribution in [3.63, 3.8) is 0 Å². The highest BCUT2D eigenvalue weighted by Crippen LogP contribution is 2.43. The first-order valence-corrected chi connectivity index (χ1v) is 8.13. The van der Waals surface area contributed by atoms with Crippen LogP contribution >= 0.6 is 27.3 Å². The average molecular weight is 368 g/mol. The fraction of sp³-hybridized carbons (Fsp3) is 0.267. The van der Waals surface area contributed by atoms with E-state index in [0.29, 0.717) is 30.2 Å². The van der Waals surface area contributed by atoms with Crippen molar-refractivity contribution in [2.75, 3.05) is 14.2 Å². The van der Waals surface area contributed by atoms with E-state index < -0.39 is 0 Å². The molecule has 1 amide bonds. The van der Waals surface area contributed by atoms with Crippen molar-refractivity contribution in [3.8, 4) is 11.5 Å². The minimum atomic E-state index is 0.0258. The predicted octanol–water partition coefficient (Wildman–Crippen LogP) is 3.68. The molecule has 2 heterocycles. The molecule has 3 rings (SSSR count). The second kappa shape index (κ2) is 5.69. The Morgan fingerprint density at radius 1 is 1.38 bits per heavy atom. The first kappa shape index (κ1) is 14.4. The van der Waals surface area contributed by atoms with Gasteiger partial charge in [-0.2, -0.15) is 11.3 Å². The zero-order valence-electron chi connectivity index (χ0n) is 11.7. The third-order valence-electron chi connectivity index (χ3n) is 3.53. The van der Waals surface area contributed by atoms with Gasteiger partial charge in [0.2, 0.25) is 0 Å².